The van der Waals surface area contributed by atoms with Gasteiger partial charge in [0, 0.05) is 12.2 Å². The average Bonchev–Trinajstić information content (AvgIpc) is 2.49. The highest BCUT2D eigenvalue weighted by Crippen LogP contribution is 2.35. The zero-order valence-electron chi connectivity index (χ0n) is 9.85. The first-order valence-corrected chi connectivity index (χ1v) is 5.85. The number of nitrogens with two attached hydrogens (primary N) is 1. The summed E-state index contributed by atoms with van der Waals surface area (Å²) in [6.07, 6.45) is 4.44. The summed E-state index contributed by atoms with van der Waals surface area (Å²) in [5.41, 5.74) is 7.32. The van der Waals surface area contributed by atoms with E-state index in [1.807, 2.05) is 6.92 Å². The van der Waals surface area contributed by atoms with Crippen molar-refractivity contribution in [2.45, 2.75) is 45.7 Å². The normalized spacial score (nSPS) is 36.8. The lowest BCUT2D eigenvalue weighted by atomic mass is 9.77. The van der Waals surface area contributed by atoms with Crippen molar-refractivity contribution in [2.24, 2.45) is 17.6 Å². The predicted octanol–water partition coefficient (Wildman–Crippen LogP) is 2.13. The summed E-state index contributed by atoms with van der Waals surface area (Å²) in [7, 11) is 0. The molecule has 1 fully saturated rings. The monoisotopic (exact) mass is 207 g/mol. The highest BCUT2D eigenvalue weighted by molar-refractivity contribution is 4.99. The van der Waals surface area contributed by atoms with Crippen LogP contribution in [0.2, 0.25) is 0 Å². The van der Waals surface area contributed by atoms with E-state index in [2.05, 4.69) is 35.9 Å². The van der Waals surface area contributed by atoms with Crippen molar-refractivity contribution >= 4 is 0 Å². The first-order chi connectivity index (χ1) is 7.08. The summed E-state index contributed by atoms with van der Waals surface area (Å²) in [4.78, 5) is 0. The van der Waals surface area contributed by atoms with E-state index in [1.165, 1.54) is 6.42 Å². The van der Waals surface area contributed by atoms with Crippen LogP contribution in [-0.4, -0.2) is 15.8 Å². The van der Waals surface area contributed by atoms with Crippen LogP contribution in [0.15, 0.2) is 12.3 Å². The van der Waals surface area contributed by atoms with Gasteiger partial charge in [-0.15, -0.1) is 0 Å². The maximum atomic E-state index is 6.24. The third-order valence-corrected chi connectivity index (χ3v) is 3.52. The van der Waals surface area contributed by atoms with Crippen LogP contribution in [0.5, 0.6) is 0 Å². The molecule has 1 heterocycles. The van der Waals surface area contributed by atoms with Crippen molar-refractivity contribution in [3.8, 4) is 0 Å². The lowest BCUT2D eigenvalue weighted by Crippen LogP contribution is -2.42. The molecule has 0 spiro atoms. The number of nitrogens with zero attached hydrogens (tertiary/aromatic N) is 2. The molecule has 1 saturated carbocycles. The molecule has 2 rings (SSSR count). The molecule has 0 saturated heterocycles. The second kappa shape index (κ2) is 3.97. The maximum absolute atomic E-state index is 6.24. The van der Waals surface area contributed by atoms with E-state index in [9.17, 15) is 0 Å². The zero-order chi connectivity index (χ0) is 11.0. The Morgan fingerprint density at radius 3 is 2.67 bits per heavy atom. The van der Waals surface area contributed by atoms with Crippen LogP contribution in [0.25, 0.3) is 0 Å². The zero-order valence-corrected chi connectivity index (χ0v) is 9.85. The Balaban J connectivity index is 2.20. The van der Waals surface area contributed by atoms with Crippen LogP contribution in [0, 0.1) is 18.8 Å². The van der Waals surface area contributed by atoms with Crippen LogP contribution < -0.4 is 5.73 Å². The lowest BCUT2D eigenvalue weighted by molar-refractivity contribution is 0.166. The molecule has 4 atom stereocenters. The van der Waals surface area contributed by atoms with Gasteiger partial charge in [0.15, 0.2) is 0 Å². The molecule has 84 valence electrons. The molecule has 3 nitrogen and oxygen atoms in total. The fourth-order valence-corrected chi connectivity index (χ4v) is 2.95. The van der Waals surface area contributed by atoms with Crippen LogP contribution in [0.3, 0.4) is 0 Å². The van der Waals surface area contributed by atoms with E-state index in [0.717, 1.165) is 18.0 Å². The molecule has 3 heteroatoms. The minimum Gasteiger partial charge on any atom is -0.326 e. The summed E-state index contributed by atoms with van der Waals surface area (Å²) in [5.74, 6) is 1.38. The van der Waals surface area contributed by atoms with E-state index in [0.29, 0.717) is 12.0 Å². The highest BCUT2D eigenvalue weighted by Gasteiger charge is 2.33. The Kier molecular flexibility index (Phi) is 2.83. The van der Waals surface area contributed by atoms with Crippen LogP contribution in [-0.2, 0) is 0 Å². The van der Waals surface area contributed by atoms with E-state index in [4.69, 9.17) is 5.73 Å². The number of rotatable bonds is 1. The van der Waals surface area contributed by atoms with Gasteiger partial charge in [0.05, 0.1) is 11.7 Å². The Bertz CT molecular complexity index is 319. The molecule has 1 aromatic heterocycles. The Labute approximate surface area is 91.7 Å². The van der Waals surface area contributed by atoms with Crippen molar-refractivity contribution in [3.63, 3.8) is 0 Å². The van der Waals surface area contributed by atoms with Gasteiger partial charge in [-0.05, 0) is 37.7 Å². The van der Waals surface area contributed by atoms with Crippen LogP contribution in [0.4, 0.5) is 0 Å². The van der Waals surface area contributed by atoms with Gasteiger partial charge < -0.3 is 5.73 Å². The first kappa shape index (κ1) is 10.7. The quantitative estimate of drug-likeness (QED) is 0.766. The fourth-order valence-electron chi connectivity index (χ4n) is 2.95. The summed E-state index contributed by atoms with van der Waals surface area (Å²) in [6.45, 7) is 6.61. The molecule has 15 heavy (non-hydrogen) atoms. The minimum atomic E-state index is 0.253. The largest absolute Gasteiger partial charge is 0.326 e. The van der Waals surface area contributed by atoms with Gasteiger partial charge in [-0.1, -0.05) is 13.8 Å². The van der Waals surface area contributed by atoms with Crippen LogP contribution in [0.1, 0.15) is 38.4 Å². The SMILES string of the molecule is Cc1ccn(C2C(C)CC(C)CC2N)n1. The molecule has 0 bridgehead atoms. The molecule has 0 radical (unpaired) electrons. The van der Waals surface area contributed by atoms with Crippen molar-refractivity contribution in [1.82, 2.24) is 9.78 Å². The lowest BCUT2D eigenvalue weighted by Gasteiger charge is -2.37. The van der Waals surface area contributed by atoms with E-state index >= 15 is 0 Å². The number of aromatic nitrogens is 2. The second-order valence-corrected chi connectivity index (χ2v) is 5.15. The molecule has 1 aliphatic carbocycles. The second-order valence-electron chi connectivity index (χ2n) is 5.15. The summed E-state index contributed by atoms with van der Waals surface area (Å²) < 4.78 is 2.07. The summed E-state index contributed by atoms with van der Waals surface area (Å²) in [5, 5.41) is 4.50. The standard InChI is InChI=1S/C12H21N3/c1-8-6-9(2)12(11(13)7-8)15-5-4-10(3)14-15/h4-5,8-9,11-12H,6-7,13H2,1-3H3. The molecule has 0 amide bonds. The Hall–Kier alpha value is -0.830. The number of hydrogen-bond acceptors (Lipinski definition) is 2. The molecule has 2 N–H and O–H groups in total. The van der Waals surface area contributed by atoms with E-state index in [-0.39, 0.29) is 6.04 Å². The Morgan fingerprint density at radius 2 is 2.13 bits per heavy atom. The molecule has 0 aromatic carbocycles. The summed E-state index contributed by atoms with van der Waals surface area (Å²) in [6, 6.07) is 2.69. The van der Waals surface area contributed by atoms with Crippen molar-refractivity contribution in [2.75, 3.05) is 0 Å². The smallest absolute Gasteiger partial charge is 0.0695 e. The van der Waals surface area contributed by atoms with E-state index < -0.39 is 0 Å². The predicted molar refractivity (Wildman–Crippen MR) is 61.5 cm³/mol. The van der Waals surface area contributed by atoms with Gasteiger partial charge in [-0.2, -0.15) is 5.10 Å². The number of hydrogen-bond donors (Lipinski definition) is 1. The molecule has 1 aromatic rings. The van der Waals surface area contributed by atoms with Gasteiger partial charge in [0.2, 0.25) is 0 Å². The molecule has 1 aliphatic rings. The maximum Gasteiger partial charge on any atom is 0.0695 e. The average molecular weight is 207 g/mol. The van der Waals surface area contributed by atoms with Gasteiger partial charge in [-0.25, -0.2) is 0 Å². The molecular weight excluding hydrogens is 186 g/mol. The van der Waals surface area contributed by atoms with Gasteiger partial charge in [-0.3, -0.25) is 4.68 Å². The highest BCUT2D eigenvalue weighted by atomic mass is 15.3. The fraction of sp³-hybridized carbons (Fsp3) is 0.750. The summed E-state index contributed by atoms with van der Waals surface area (Å²) >= 11 is 0. The molecule has 4 unspecified atom stereocenters. The topological polar surface area (TPSA) is 43.8 Å². The third-order valence-electron chi connectivity index (χ3n) is 3.52. The first-order valence-electron chi connectivity index (χ1n) is 5.85. The minimum absolute atomic E-state index is 0.253. The van der Waals surface area contributed by atoms with Crippen LogP contribution >= 0.6 is 0 Å². The van der Waals surface area contributed by atoms with Gasteiger partial charge in [0.25, 0.3) is 0 Å². The molecular formula is C12H21N3. The van der Waals surface area contributed by atoms with Crippen molar-refractivity contribution in [1.29, 1.82) is 0 Å². The molecule has 0 aliphatic heterocycles. The number of aryl methyl sites for hydroxylation is 1. The third kappa shape index (κ3) is 2.07. The van der Waals surface area contributed by atoms with Crippen molar-refractivity contribution in [3.05, 3.63) is 18.0 Å². The van der Waals surface area contributed by atoms with Gasteiger partial charge >= 0.3 is 0 Å². The van der Waals surface area contributed by atoms with E-state index in [1.54, 1.807) is 0 Å². The van der Waals surface area contributed by atoms with Crippen molar-refractivity contribution < 1.29 is 0 Å². The van der Waals surface area contributed by atoms with Gasteiger partial charge in [0.1, 0.15) is 0 Å². The Morgan fingerprint density at radius 1 is 1.40 bits per heavy atom.